The van der Waals surface area contributed by atoms with Gasteiger partial charge >= 0.3 is 0 Å². The first kappa shape index (κ1) is 22.5. The lowest BCUT2D eigenvalue weighted by Gasteiger charge is -2.66. The zero-order chi connectivity index (χ0) is 25.2. The summed E-state index contributed by atoms with van der Waals surface area (Å²) in [6, 6.07) is 8.20. The van der Waals surface area contributed by atoms with Crippen LogP contribution in [0.15, 0.2) is 18.2 Å². The molecule has 2 aromatic rings. The summed E-state index contributed by atoms with van der Waals surface area (Å²) in [5.74, 6) is 1.95. The third-order valence-electron chi connectivity index (χ3n) is 8.09. The Bertz CT molecular complexity index is 1370. The van der Waals surface area contributed by atoms with Gasteiger partial charge in [-0.15, -0.1) is 0 Å². The summed E-state index contributed by atoms with van der Waals surface area (Å²) < 4.78 is 6.48. The average molecular weight is 481 g/mol. The van der Waals surface area contributed by atoms with E-state index in [1.165, 1.54) is 6.08 Å². The molecule has 7 rings (SSSR count). The number of benzene rings is 1. The third kappa shape index (κ3) is 3.52. The molecule has 4 aliphatic carbocycles. The van der Waals surface area contributed by atoms with Crippen LogP contribution in [0.2, 0.25) is 0 Å². The van der Waals surface area contributed by atoms with Crippen molar-refractivity contribution in [2.75, 3.05) is 11.9 Å². The smallest absolute Gasteiger partial charge is 0.273 e. The molecule has 1 amide bonds. The summed E-state index contributed by atoms with van der Waals surface area (Å²) in [5, 5.41) is 21.7. The highest BCUT2D eigenvalue weighted by molar-refractivity contribution is 5.98. The molecule has 4 fully saturated rings. The molecular formula is C28H28N6O2. The Morgan fingerprint density at radius 3 is 2.50 bits per heavy atom. The molecule has 1 aromatic heterocycles. The maximum Gasteiger partial charge on any atom is 0.273 e. The van der Waals surface area contributed by atoms with Crippen molar-refractivity contribution in [3.05, 3.63) is 46.2 Å². The molecule has 182 valence electrons. The third-order valence-corrected chi connectivity index (χ3v) is 8.09. The summed E-state index contributed by atoms with van der Waals surface area (Å²) in [6.07, 6.45) is 7.87. The summed E-state index contributed by atoms with van der Waals surface area (Å²) >= 11 is 0. The van der Waals surface area contributed by atoms with Crippen LogP contribution in [0.1, 0.15) is 77.8 Å². The molecular weight excluding hydrogens is 452 g/mol. The van der Waals surface area contributed by atoms with E-state index in [4.69, 9.17) is 15.0 Å². The standard InChI is InChI=1S/C28H28N6O2/c1-16-9-20(5-4-8-29)10-17(2)23(16)36-24-21-18(3)34(11-19-6-7-19)25(35)22(21)31-26(32-24)33-28-12-27(13-28,14-28)15-30/h4-5,9-10,18-19H,6-7,11-14H2,1-3H3,(H,31,32,33)/b5-4+. The lowest BCUT2D eigenvalue weighted by atomic mass is 9.40. The minimum Gasteiger partial charge on any atom is -0.438 e. The highest BCUT2D eigenvalue weighted by Gasteiger charge is 2.69. The fourth-order valence-corrected chi connectivity index (χ4v) is 6.16. The van der Waals surface area contributed by atoms with Crippen LogP contribution in [0.3, 0.4) is 0 Å². The molecule has 5 aliphatic rings. The maximum atomic E-state index is 13.4. The normalized spacial score (nSPS) is 27.6. The number of carbonyl (C=O) groups is 1. The Kier molecular flexibility index (Phi) is 4.88. The summed E-state index contributed by atoms with van der Waals surface area (Å²) in [4.78, 5) is 24.8. The van der Waals surface area contributed by atoms with E-state index in [0.29, 0.717) is 29.2 Å². The van der Waals surface area contributed by atoms with Crippen molar-refractivity contribution >= 4 is 17.9 Å². The van der Waals surface area contributed by atoms with E-state index in [-0.39, 0.29) is 22.9 Å². The number of aromatic nitrogens is 2. The lowest BCUT2D eigenvalue weighted by molar-refractivity contribution is -0.0665. The summed E-state index contributed by atoms with van der Waals surface area (Å²) in [5.41, 5.74) is 3.51. The topological polar surface area (TPSA) is 115 Å². The van der Waals surface area contributed by atoms with Gasteiger partial charge in [0.25, 0.3) is 5.91 Å². The van der Waals surface area contributed by atoms with Crippen LogP contribution in [0.4, 0.5) is 5.95 Å². The Labute approximate surface area is 210 Å². The van der Waals surface area contributed by atoms with Gasteiger partial charge in [0.2, 0.25) is 11.8 Å². The molecule has 36 heavy (non-hydrogen) atoms. The minimum absolute atomic E-state index is 0.0729. The largest absolute Gasteiger partial charge is 0.438 e. The monoisotopic (exact) mass is 480 g/mol. The van der Waals surface area contributed by atoms with Gasteiger partial charge in [-0.1, -0.05) is 0 Å². The highest BCUT2D eigenvalue weighted by Crippen LogP contribution is 2.67. The van der Waals surface area contributed by atoms with Crippen molar-refractivity contribution in [3.63, 3.8) is 0 Å². The number of hydrogen-bond acceptors (Lipinski definition) is 7. The fraction of sp³-hybridized carbons (Fsp3) is 0.464. The first-order valence-corrected chi connectivity index (χ1v) is 12.5. The molecule has 1 aromatic carbocycles. The molecule has 2 bridgehead atoms. The molecule has 4 saturated carbocycles. The molecule has 1 aliphatic heterocycles. The van der Waals surface area contributed by atoms with Gasteiger partial charge in [0, 0.05) is 18.2 Å². The fourth-order valence-electron chi connectivity index (χ4n) is 6.16. The SMILES string of the molecule is Cc1cc(/C=C/C#N)cc(C)c1Oc1nc(NC23CC(C#N)(C2)C3)nc2c1C(C)N(CC1CC1)C2=O. The number of carbonyl (C=O) groups excluding carboxylic acids is 1. The number of allylic oxidation sites excluding steroid dienone is 1. The number of aryl methyl sites for hydroxylation is 2. The van der Waals surface area contributed by atoms with Gasteiger partial charge < -0.3 is 15.0 Å². The molecule has 1 N–H and O–H groups in total. The van der Waals surface area contributed by atoms with Crippen LogP contribution in [0, 0.1) is 47.8 Å². The maximum absolute atomic E-state index is 13.4. The van der Waals surface area contributed by atoms with Crippen LogP contribution in [-0.4, -0.2) is 32.9 Å². The summed E-state index contributed by atoms with van der Waals surface area (Å²) in [7, 11) is 0. The second-order valence-electron chi connectivity index (χ2n) is 11.1. The zero-order valence-corrected chi connectivity index (χ0v) is 20.8. The number of fused-ring (bicyclic) bond motifs is 1. The molecule has 0 spiro atoms. The predicted molar refractivity (Wildman–Crippen MR) is 133 cm³/mol. The van der Waals surface area contributed by atoms with E-state index < -0.39 is 0 Å². The van der Waals surface area contributed by atoms with Gasteiger partial charge in [0.05, 0.1) is 29.2 Å². The predicted octanol–water partition coefficient (Wildman–Crippen LogP) is 5.21. The number of ether oxygens (including phenoxy) is 1. The van der Waals surface area contributed by atoms with Crippen LogP contribution < -0.4 is 10.1 Å². The van der Waals surface area contributed by atoms with Crippen molar-refractivity contribution in [3.8, 4) is 23.8 Å². The van der Waals surface area contributed by atoms with E-state index in [0.717, 1.165) is 60.9 Å². The number of nitrogens with one attached hydrogen (secondary N) is 1. The van der Waals surface area contributed by atoms with Crippen molar-refractivity contribution in [1.29, 1.82) is 10.5 Å². The van der Waals surface area contributed by atoms with E-state index in [1.54, 1.807) is 6.08 Å². The van der Waals surface area contributed by atoms with Gasteiger partial charge in [0.1, 0.15) is 11.4 Å². The number of hydrogen-bond donors (Lipinski definition) is 1. The van der Waals surface area contributed by atoms with Gasteiger partial charge in [-0.25, -0.2) is 4.98 Å². The number of nitriles is 2. The molecule has 1 atom stereocenters. The zero-order valence-electron chi connectivity index (χ0n) is 20.8. The lowest BCUT2D eigenvalue weighted by Crippen LogP contribution is -2.70. The number of rotatable bonds is 7. The van der Waals surface area contributed by atoms with Crippen LogP contribution in [-0.2, 0) is 0 Å². The average Bonchev–Trinajstić information content (AvgIpc) is 3.59. The second-order valence-corrected chi connectivity index (χ2v) is 11.1. The molecule has 1 unspecified atom stereocenters. The molecule has 0 saturated heterocycles. The van der Waals surface area contributed by atoms with E-state index in [9.17, 15) is 10.1 Å². The van der Waals surface area contributed by atoms with Gasteiger partial charge in [-0.05, 0) is 93.7 Å². The van der Waals surface area contributed by atoms with Gasteiger partial charge in [-0.3, -0.25) is 4.79 Å². The Hall–Kier alpha value is -3.91. The van der Waals surface area contributed by atoms with Crippen molar-refractivity contribution in [2.45, 2.75) is 64.5 Å². The van der Waals surface area contributed by atoms with Crippen molar-refractivity contribution in [1.82, 2.24) is 14.9 Å². The first-order valence-electron chi connectivity index (χ1n) is 12.5. The van der Waals surface area contributed by atoms with E-state index in [2.05, 4.69) is 16.4 Å². The molecule has 8 heteroatoms. The minimum atomic E-state index is -0.204. The molecule has 2 heterocycles. The van der Waals surface area contributed by atoms with Crippen molar-refractivity contribution < 1.29 is 9.53 Å². The Balaban J connectivity index is 1.37. The Morgan fingerprint density at radius 2 is 1.89 bits per heavy atom. The summed E-state index contributed by atoms with van der Waals surface area (Å²) in [6.45, 7) is 6.67. The van der Waals surface area contributed by atoms with E-state index >= 15 is 0 Å². The Morgan fingerprint density at radius 1 is 1.19 bits per heavy atom. The number of amides is 1. The number of nitrogens with zero attached hydrogens (tertiary/aromatic N) is 5. The quantitative estimate of drug-likeness (QED) is 0.541. The van der Waals surface area contributed by atoms with Crippen LogP contribution in [0.5, 0.6) is 11.6 Å². The van der Waals surface area contributed by atoms with Crippen LogP contribution in [0.25, 0.3) is 6.08 Å². The van der Waals surface area contributed by atoms with Gasteiger partial charge in [0.15, 0.2) is 0 Å². The van der Waals surface area contributed by atoms with E-state index in [1.807, 2.05) is 43.9 Å². The van der Waals surface area contributed by atoms with Gasteiger partial charge in [-0.2, -0.15) is 15.5 Å². The van der Waals surface area contributed by atoms with Crippen molar-refractivity contribution in [2.24, 2.45) is 11.3 Å². The number of anilines is 1. The van der Waals surface area contributed by atoms with Crippen LogP contribution >= 0.6 is 0 Å². The second kappa shape index (κ2) is 7.80. The first-order chi connectivity index (χ1) is 17.3. The molecule has 0 radical (unpaired) electrons. The highest BCUT2D eigenvalue weighted by atomic mass is 16.5. The molecule has 8 nitrogen and oxygen atoms in total.